The van der Waals surface area contributed by atoms with Gasteiger partial charge >= 0.3 is 0 Å². The van der Waals surface area contributed by atoms with E-state index in [9.17, 15) is 4.79 Å². The molecule has 7 heteroatoms. The summed E-state index contributed by atoms with van der Waals surface area (Å²) in [6.07, 6.45) is 3.28. The van der Waals surface area contributed by atoms with Gasteiger partial charge in [0.05, 0.1) is 11.8 Å². The number of nitrogens with zero attached hydrogens (tertiary/aromatic N) is 3. The van der Waals surface area contributed by atoms with E-state index in [-0.39, 0.29) is 11.9 Å². The molecule has 24 heavy (non-hydrogen) atoms. The van der Waals surface area contributed by atoms with Gasteiger partial charge in [-0.25, -0.2) is 0 Å². The molecule has 1 aliphatic carbocycles. The molecule has 128 valence electrons. The maximum atomic E-state index is 12.6. The number of fused-ring (bicyclic) bond motifs is 1. The molecular weight excluding hydrogens is 340 g/mol. The molecule has 0 bridgehead atoms. The van der Waals surface area contributed by atoms with Gasteiger partial charge in [-0.15, -0.1) is 10.2 Å². The second-order valence-corrected chi connectivity index (χ2v) is 8.00. The smallest absolute Gasteiger partial charge is 0.233 e. The number of carbonyl (C=O) groups is 1. The number of aromatic nitrogens is 2. The first-order valence-corrected chi connectivity index (χ1v) is 10.0. The van der Waals surface area contributed by atoms with Crippen molar-refractivity contribution in [2.24, 2.45) is 0 Å². The van der Waals surface area contributed by atoms with Gasteiger partial charge in [-0.2, -0.15) is 0 Å². The minimum atomic E-state index is 0.141. The first-order chi connectivity index (χ1) is 11.7. The van der Waals surface area contributed by atoms with Crippen LogP contribution in [-0.4, -0.2) is 40.3 Å². The van der Waals surface area contributed by atoms with Crippen LogP contribution in [0.2, 0.25) is 0 Å². The largest absolute Gasteiger partial charge is 0.360 e. The Balaban J connectivity index is 1.61. The van der Waals surface area contributed by atoms with E-state index in [0.29, 0.717) is 5.75 Å². The van der Waals surface area contributed by atoms with Gasteiger partial charge in [-0.1, -0.05) is 47.4 Å². The lowest BCUT2D eigenvalue weighted by Crippen LogP contribution is -2.34. The number of amides is 1. The molecule has 1 atom stereocenters. The molecule has 0 fully saturated rings. The monoisotopic (exact) mass is 362 g/mol. The fourth-order valence-electron chi connectivity index (χ4n) is 3.02. The number of thioether (sulfide) groups is 1. The molecule has 0 unspecified atom stereocenters. The molecule has 0 saturated carbocycles. The summed E-state index contributed by atoms with van der Waals surface area (Å²) in [5.74, 6) is 0.539. The van der Waals surface area contributed by atoms with Crippen LogP contribution in [0.5, 0.6) is 0 Å². The molecule has 5 nitrogen and oxygen atoms in total. The zero-order valence-corrected chi connectivity index (χ0v) is 15.6. The number of carbonyl (C=O) groups excluding carboxylic acids is 1. The lowest BCUT2D eigenvalue weighted by molar-refractivity contribution is -0.129. The number of nitrogens with one attached hydrogen (secondary N) is 1. The van der Waals surface area contributed by atoms with Crippen LogP contribution in [0, 0.1) is 0 Å². The third kappa shape index (κ3) is 3.89. The molecule has 1 N–H and O–H groups in total. The van der Waals surface area contributed by atoms with Crippen LogP contribution in [0.4, 0.5) is 5.13 Å². The molecule has 1 aromatic heterocycles. The van der Waals surface area contributed by atoms with E-state index < -0.39 is 0 Å². The number of hydrogen-bond acceptors (Lipinski definition) is 6. The zero-order valence-electron chi connectivity index (χ0n) is 14.0. The minimum Gasteiger partial charge on any atom is -0.360 e. The average Bonchev–Trinajstić information content (AvgIpc) is 3.06. The summed E-state index contributed by atoms with van der Waals surface area (Å²) in [5, 5.41) is 12.1. The summed E-state index contributed by atoms with van der Waals surface area (Å²) in [4.78, 5) is 14.5. The average molecular weight is 363 g/mol. The Labute approximate surface area is 150 Å². The van der Waals surface area contributed by atoms with Crippen molar-refractivity contribution in [1.82, 2.24) is 15.1 Å². The van der Waals surface area contributed by atoms with Gasteiger partial charge in [0.25, 0.3) is 0 Å². The van der Waals surface area contributed by atoms with Crippen molar-refractivity contribution >= 4 is 34.1 Å². The Morgan fingerprint density at radius 1 is 1.42 bits per heavy atom. The van der Waals surface area contributed by atoms with E-state index in [0.717, 1.165) is 35.3 Å². The molecule has 1 amide bonds. The first kappa shape index (κ1) is 17.2. The van der Waals surface area contributed by atoms with Gasteiger partial charge in [-0.3, -0.25) is 4.79 Å². The SMILES string of the molecule is CCNc1nnc(SCC(=O)N(C)[C@@H]2CCCc3ccccc32)s1. The van der Waals surface area contributed by atoms with E-state index >= 15 is 0 Å². The van der Waals surface area contributed by atoms with E-state index in [1.54, 1.807) is 0 Å². The third-order valence-electron chi connectivity index (χ3n) is 4.25. The van der Waals surface area contributed by atoms with Crippen molar-refractivity contribution in [3.63, 3.8) is 0 Å². The number of anilines is 1. The zero-order chi connectivity index (χ0) is 16.9. The molecule has 0 radical (unpaired) electrons. The molecule has 2 aromatic rings. The van der Waals surface area contributed by atoms with Crippen LogP contribution in [-0.2, 0) is 11.2 Å². The van der Waals surface area contributed by atoms with Gasteiger partial charge < -0.3 is 10.2 Å². The number of hydrogen-bond donors (Lipinski definition) is 1. The molecule has 1 heterocycles. The molecule has 3 rings (SSSR count). The summed E-state index contributed by atoms with van der Waals surface area (Å²) in [7, 11) is 1.92. The standard InChI is InChI=1S/C17H22N4OS2/c1-3-18-16-19-20-17(24-16)23-11-15(22)21(2)14-10-6-8-12-7-4-5-9-13(12)14/h4-5,7,9,14H,3,6,8,10-11H2,1-2H3,(H,18,19)/t14-/m1/s1. The number of aryl methyl sites for hydroxylation is 1. The summed E-state index contributed by atoms with van der Waals surface area (Å²) < 4.78 is 0.830. The highest BCUT2D eigenvalue weighted by molar-refractivity contribution is 8.01. The quantitative estimate of drug-likeness (QED) is 0.796. The predicted molar refractivity (Wildman–Crippen MR) is 99.7 cm³/mol. The van der Waals surface area contributed by atoms with E-state index in [2.05, 4.69) is 39.8 Å². The van der Waals surface area contributed by atoms with Crippen molar-refractivity contribution in [3.8, 4) is 0 Å². The van der Waals surface area contributed by atoms with Crippen LogP contribution in [0.15, 0.2) is 28.6 Å². The van der Waals surface area contributed by atoms with Crippen molar-refractivity contribution < 1.29 is 4.79 Å². The molecule has 0 aliphatic heterocycles. The van der Waals surface area contributed by atoms with Crippen molar-refractivity contribution in [2.45, 2.75) is 36.6 Å². The predicted octanol–water partition coefficient (Wildman–Crippen LogP) is 3.60. The molecule has 0 saturated heterocycles. The lowest BCUT2D eigenvalue weighted by atomic mass is 9.87. The fraction of sp³-hybridized carbons (Fsp3) is 0.471. The second-order valence-electron chi connectivity index (χ2n) is 5.80. The van der Waals surface area contributed by atoms with Crippen LogP contribution in [0.25, 0.3) is 0 Å². The number of rotatable bonds is 6. The van der Waals surface area contributed by atoms with E-state index in [1.165, 1.54) is 34.2 Å². The first-order valence-electron chi connectivity index (χ1n) is 8.22. The van der Waals surface area contributed by atoms with Crippen molar-refractivity contribution in [3.05, 3.63) is 35.4 Å². The Bertz CT molecular complexity index is 703. The van der Waals surface area contributed by atoms with Gasteiger partial charge in [0, 0.05) is 13.6 Å². The Hall–Kier alpha value is -1.60. The Morgan fingerprint density at radius 3 is 3.08 bits per heavy atom. The normalized spacial score (nSPS) is 16.5. The fourth-order valence-corrected chi connectivity index (χ4v) is 4.76. The van der Waals surface area contributed by atoms with Gasteiger partial charge in [0.1, 0.15) is 0 Å². The Morgan fingerprint density at radius 2 is 2.25 bits per heavy atom. The summed E-state index contributed by atoms with van der Waals surface area (Å²) in [6, 6.07) is 8.67. The summed E-state index contributed by atoms with van der Waals surface area (Å²) >= 11 is 2.96. The third-order valence-corrected chi connectivity index (χ3v) is 6.25. The van der Waals surface area contributed by atoms with Gasteiger partial charge in [-0.05, 0) is 37.3 Å². The van der Waals surface area contributed by atoms with Crippen molar-refractivity contribution in [2.75, 3.05) is 24.7 Å². The summed E-state index contributed by atoms with van der Waals surface area (Å²) in [5.41, 5.74) is 2.68. The summed E-state index contributed by atoms with van der Waals surface area (Å²) in [6.45, 7) is 2.84. The minimum absolute atomic E-state index is 0.141. The molecule has 1 aromatic carbocycles. The van der Waals surface area contributed by atoms with Gasteiger partial charge in [0.15, 0.2) is 4.34 Å². The van der Waals surface area contributed by atoms with Crippen LogP contribution >= 0.6 is 23.1 Å². The van der Waals surface area contributed by atoms with Crippen molar-refractivity contribution in [1.29, 1.82) is 0 Å². The molecular formula is C17H22N4OS2. The Kier molecular flexibility index (Phi) is 5.73. The van der Waals surface area contributed by atoms with Gasteiger partial charge in [0.2, 0.25) is 11.0 Å². The topological polar surface area (TPSA) is 58.1 Å². The van der Waals surface area contributed by atoms with Crippen LogP contribution in [0.3, 0.4) is 0 Å². The maximum Gasteiger partial charge on any atom is 0.233 e. The molecule has 1 aliphatic rings. The van der Waals surface area contributed by atoms with Crippen LogP contribution in [0.1, 0.15) is 36.9 Å². The highest BCUT2D eigenvalue weighted by Crippen LogP contribution is 2.34. The van der Waals surface area contributed by atoms with E-state index in [4.69, 9.17) is 0 Å². The highest BCUT2D eigenvalue weighted by atomic mass is 32.2. The van der Waals surface area contributed by atoms with Crippen LogP contribution < -0.4 is 5.32 Å². The highest BCUT2D eigenvalue weighted by Gasteiger charge is 2.26. The maximum absolute atomic E-state index is 12.6. The lowest BCUT2D eigenvalue weighted by Gasteiger charge is -2.33. The number of benzene rings is 1. The second kappa shape index (κ2) is 7.98. The van der Waals surface area contributed by atoms with E-state index in [1.807, 2.05) is 18.9 Å². The molecule has 0 spiro atoms.